The molecule has 0 saturated carbocycles. The Labute approximate surface area is 126 Å². The second-order valence-electron chi connectivity index (χ2n) is 5.78. The van der Waals surface area contributed by atoms with Gasteiger partial charge in [-0.25, -0.2) is 0 Å². The molecule has 116 valence electrons. The molecule has 0 bridgehead atoms. The molecule has 1 atom stereocenters. The van der Waals surface area contributed by atoms with Gasteiger partial charge < -0.3 is 21.1 Å². The Balaban J connectivity index is 2.15. The highest BCUT2D eigenvalue weighted by molar-refractivity contribution is 5.74. The molecular weight excluding hydrogens is 266 g/mol. The van der Waals surface area contributed by atoms with Gasteiger partial charge in [0.05, 0.1) is 7.11 Å². The van der Waals surface area contributed by atoms with Crippen molar-refractivity contribution in [3.63, 3.8) is 0 Å². The van der Waals surface area contributed by atoms with Crippen LogP contribution in [0.4, 0.5) is 5.69 Å². The number of benzene rings is 1. The summed E-state index contributed by atoms with van der Waals surface area (Å²) >= 11 is 0. The maximum absolute atomic E-state index is 11.0. The number of anilines is 1. The molecule has 1 aliphatic rings. The summed E-state index contributed by atoms with van der Waals surface area (Å²) in [4.78, 5) is 13.4. The van der Waals surface area contributed by atoms with Crippen LogP contribution in [-0.2, 0) is 4.79 Å². The van der Waals surface area contributed by atoms with E-state index in [-0.39, 0.29) is 11.9 Å². The molecule has 0 unspecified atom stereocenters. The number of carbonyl (C=O) groups is 1. The van der Waals surface area contributed by atoms with Crippen molar-refractivity contribution in [2.45, 2.75) is 32.2 Å². The van der Waals surface area contributed by atoms with Crippen LogP contribution in [0.2, 0.25) is 0 Å². The first kappa shape index (κ1) is 15.6. The average Bonchev–Trinajstić information content (AvgIpc) is 2.46. The van der Waals surface area contributed by atoms with Crippen molar-refractivity contribution in [3.8, 4) is 5.75 Å². The average molecular weight is 291 g/mol. The van der Waals surface area contributed by atoms with E-state index < -0.39 is 0 Å². The second-order valence-corrected chi connectivity index (χ2v) is 5.78. The Morgan fingerprint density at radius 1 is 1.43 bits per heavy atom. The number of methoxy groups -OCH3 is 1. The number of rotatable bonds is 5. The van der Waals surface area contributed by atoms with E-state index in [1.807, 2.05) is 19.1 Å². The first-order valence-corrected chi connectivity index (χ1v) is 7.48. The summed E-state index contributed by atoms with van der Waals surface area (Å²) in [5.74, 6) is 1.04. The van der Waals surface area contributed by atoms with E-state index in [0.29, 0.717) is 12.3 Å². The molecule has 0 spiro atoms. The largest absolute Gasteiger partial charge is 0.496 e. The molecule has 1 saturated heterocycles. The molecule has 5 nitrogen and oxygen atoms in total. The molecule has 1 aromatic rings. The minimum absolute atomic E-state index is 0.0838. The van der Waals surface area contributed by atoms with Gasteiger partial charge in [-0.15, -0.1) is 0 Å². The monoisotopic (exact) mass is 291 g/mol. The molecule has 1 fully saturated rings. The highest BCUT2D eigenvalue weighted by atomic mass is 16.5. The Morgan fingerprint density at radius 3 is 2.62 bits per heavy atom. The molecule has 0 aliphatic carbocycles. The predicted octanol–water partition coefficient (Wildman–Crippen LogP) is 1.81. The Kier molecular flexibility index (Phi) is 5.07. The minimum atomic E-state index is -0.203. The number of hydrogen-bond acceptors (Lipinski definition) is 4. The number of ether oxygens (including phenoxy) is 1. The van der Waals surface area contributed by atoms with Crippen LogP contribution in [0.3, 0.4) is 0 Å². The number of hydrogen-bond donors (Lipinski definition) is 2. The van der Waals surface area contributed by atoms with E-state index in [9.17, 15) is 4.79 Å². The zero-order valence-electron chi connectivity index (χ0n) is 12.8. The van der Waals surface area contributed by atoms with Gasteiger partial charge in [0, 0.05) is 36.8 Å². The molecule has 5 heteroatoms. The maximum atomic E-state index is 11.0. The predicted molar refractivity (Wildman–Crippen MR) is 84.3 cm³/mol. The van der Waals surface area contributed by atoms with Crippen LogP contribution in [-0.4, -0.2) is 26.1 Å². The van der Waals surface area contributed by atoms with E-state index in [1.165, 1.54) is 0 Å². The normalized spacial score (nSPS) is 17.6. The van der Waals surface area contributed by atoms with E-state index in [2.05, 4.69) is 11.0 Å². The molecular formula is C16H25N3O2. The van der Waals surface area contributed by atoms with Crippen molar-refractivity contribution < 1.29 is 9.53 Å². The van der Waals surface area contributed by atoms with Gasteiger partial charge in [0.15, 0.2) is 0 Å². The van der Waals surface area contributed by atoms with Gasteiger partial charge in [0.2, 0.25) is 5.91 Å². The van der Waals surface area contributed by atoms with Gasteiger partial charge in [-0.1, -0.05) is 6.07 Å². The lowest BCUT2D eigenvalue weighted by Gasteiger charge is -2.35. The lowest BCUT2D eigenvalue weighted by molar-refractivity contribution is -0.119. The van der Waals surface area contributed by atoms with Crippen LogP contribution in [0.15, 0.2) is 18.2 Å². The molecule has 1 heterocycles. The molecule has 1 aromatic carbocycles. The third kappa shape index (κ3) is 3.67. The van der Waals surface area contributed by atoms with Crippen molar-refractivity contribution >= 4 is 11.6 Å². The van der Waals surface area contributed by atoms with Gasteiger partial charge in [0.25, 0.3) is 0 Å². The zero-order chi connectivity index (χ0) is 15.4. The molecule has 1 amide bonds. The second kappa shape index (κ2) is 6.80. The SMILES string of the molecule is COc1cccc(N2CCC(CC(N)=O)CC2)c1[C@@H](C)N. The first-order chi connectivity index (χ1) is 10.0. The number of amides is 1. The van der Waals surface area contributed by atoms with Gasteiger partial charge in [-0.2, -0.15) is 0 Å². The third-order valence-corrected chi connectivity index (χ3v) is 4.16. The fraction of sp³-hybridized carbons (Fsp3) is 0.562. The van der Waals surface area contributed by atoms with E-state index in [4.69, 9.17) is 16.2 Å². The summed E-state index contributed by atoms with van der Waals surface area (Å²) in [6, 6.07) is 5.95. The summed E-state index contributed by atoms with van der Waals surface area (Å²) in [7, 11) is 1.67. The van der Waals surface area contributed by atoms with Crippen LogP contribution in [0.5, 0.6) is 5.75 Å². The number of nitrogens with two attached hydrogens (primary N) is 2. The Bertz CT molecular complexity index is 494. The number of carbonyl (C=O) groups excluding carboxylic acids is 1. The summed E-state index contributed by atoms with van der Waals surface area (Å²) in [5.41, 5.74) is 13.6. The summed E-state index contributed by atoms with van der Waals surface area (Å²) < 4.78 is 5.44. The highest BCUT2D eigenvalue weighted by Gasteiger charge is 2.24. The quantitative estimate of drug-likeness (QED) is 0.867. The maximum Gasteiger partial charge on any atom is 0.217 e. The summed E-state index contributed by atoms with van der Waals surface area (Å²) in [6.07, 6.45) is 2.46. The summed E-state index contributed by atoms with van der Waals surface area (Å²) in [5, 5.41) is 0. The zero-order valence-corrected chi connectivity index (χ0v) is 12.8. The van der Waals surface area contributed by atoms with Crippen LogP contribution in [0.1, 0.15) is 37.8 Å². The van der Waals surface area contributed by atoms with Crippen LogP contribution >= 0.6 is 0 Å². The van der Waals surface area contributed by atoms with Crippen LogP contribution in [0, 0.1) is 5.92 Å². The fourth-order valence-electron chi connectivity index (χ4n) is 3.11. The molecule has 2 rings (SSSR count). The van der Waals surface area contributed by atoms with Crippen molar-refractivity contribution in [2.24, 2.45) is 17.4 Å². The fourth-order valence-corrected chi connectivity index (χ4v) is 3.11. The molecule has 0 radical (unpaired) electrons. The lowest BCUT2D eigenvalue weighted by atomic mass is 9.92. The molecule has 4 N–H and O–H groups in total. The number of piperidine rings is 1. The van der Waals surface area contributed by atoms with Crippen molar-refractivity contribution in [1.82, 2.24) is 0 Å². The summed E-state index contributed by atoms with van der Waals surface area (Å²) in [6.45, 7) is 3.82. The molecule has 0 aromatic heterocycles. The van der Waals surface area contributed by atoms with Gasteiger partial charge in [-0.05, 0) is 37.8 Å². The third-order valence-electron chi connectivity index (χ3n) is 4.16. The van der Waals surface area contributed by atoms with E-state index in [0.717, 1.165) is 42.9 Å². The van der Waals surface area contributed by atoms with Crippen molar-refractivity contribution in [2.75, 3.05) is 25.1 Å². The van der Waals surface area contributed by atoms with Crippen molar-refractivity contribution in [3.05, 3.63) is 23.8 Å². The van der Waals surface area contributed by atoms with Crippen LogP contribution in [0.25, 0.3) is 0 Å². The number of nitrogens with zero attached hydrogens (tertiary/aromatic N) is 1. The van der Waals surface area contributed by atoms with Gasteiger partial charge in [-0.3, -0.25) is 4.79 Å². The lowest BCUT2D eigenvalue weighted by Crippen LogP contribution is -2.36. The highest BCUT2D eigenvalue weighted by Crippen LogP contribution is 2.35. The number of primary amides is 1. The smallest absolute Gasteiger partial charge is 0.217 e. The van der Waals surface area contributed by atoms with E-state index >= 15 is 0 Å². The molecule has 21 heavy (non-hydrogen) atoms. The Morgan fingerprint density at radius 2 is 2.10 bits per heavy atom. The van der Waals surface area contributed by atoms with Crippen LogP contribution < -0.4 is 21.1 Å². The Hall–Kier alpha value is -1.75. The van der Waals surface area contributed by atoms with E-state index in [1.54, 1.807) is 7.11 Å². The van der Waals surface area contributed by atoms with Gasteiger partial charge >= 0.3 is 0 Å². The topological polar surface area (TPSA) is 81.6 Å². The van der Waals surface area contributed by atoms with Crippen molar-refractivity contribution in [1.29, 1.82) is 0 Å². The first-order valence-electron chi connectivity index (χ1n) is 7.48. The standard InChI is InChI=1S/C16H25N3O2/c1-11(17)16-13(4-3-5-14(16)21-2)19-8-6-12(7-9-19)10-15(18)20/h3-5,11-12H,6-10,17H2,1-2H3,(H2,18,20)/t11-/m1/s1. The van der Waals surface area contributed by atoms with Gasteiger partial charge in [0.1, 0.15) is 5.75 Å². The minimum Gasteiger partial charge on any atom is -0.496 e. The molecule has 1 aliphatic heterocycles.